The van der Waals surface area contributed by atoms with Crippen molar-refractivity contribution < 1.29 is 33.0 Å². The number of nitrogens with zero attached hydrogens (tertiary/aromatic N) is 1. The number of carbonyl (C=O) groups is 3. The van der Waals surface area contributed by atoms with Crippen LogP contribution in [0, 0.1) is 17.6 Å². The number of amides is 3. The number of aliphatic hydroxyl groups excluding tert-OH is 1. The van der Waals surface area contributed by atoms with Gasteiger partial charge in [-0.1, -0.05) is 50.6 Å². The summed E-state index contributed by atoms with van der Waals surface area (Å²) < 4.78 is 33.7. The first-order valence-electron chi connectivity index (χ1n) is 15.4. The van der Waals surface area contributed by atoms with E-state index in [4.69, 9.17) is 4.74 Å². The molecule has 0 aromatic heterocycles. The number of hydrogen-bond donors (Lipinski definition) is 4. The maximum Gasteiger partial charge on any atom is 0.249 e. The number of ether oxygens (including phenoxy) is 1. The molecule has 0 saturated carbocycles. The molecule has 2 saturated heterocycles. The Hall–Kier alpha value is -3.41. The van der Waals surface area contributed by atoms with Crippen LogP contribution in [0.5, 0.6) is 0 Å². The van der Waals surface area contributed by atoms with E-state index in [9.17, 15) is 28.3 Å². The normalized spacial score (nSPS) is 23.1. The summed E-state index contributed by atoms with van der Waals surface area (Å²) in [4.78, 5) is 42.1. The van der Waals surface area contributed by atoms with Gasteiger partial charge in [0.1, 0.15) is 23.2 Å². The van der Waals surface area contributed by atoms with Gasteiger partial charge in [-0.15, -0.1) is 0 Å². The smallest absolute Gasteiger partial charge is 0.249 e. The van der Waals surface area contributed by atoms with Gasteiger partial charge in [0, 0.05) is 26.1 Å². The van der Waals surface area contributed by atoms with E-state index in [-0.39, 0.29) is 42.9 Å². The molecule has 4 rings (SSSR count). The lowest BCUT2D eigenvalue weighted by atomic mass is 9.81. The van der Waals surface area contributed by atoms with Gasteiger partial charge in [-0.25, -0.2) is 8.78 Å². The Morgan fingerprint density at radius 1 is 1.16 bits per heavy atom. The van der Waals surface area contributed by atoms with Crippen LogP contribution in [-0.2, 0) is 32.0 Å². The molecule has 2 aliphatic heterocycles. The fourth-order valence-corrected chi connectivity index (χ4v) is 6.40. The molecule has 11 heteroatoms. The first-order valence-corrected chi connectivity index (χ1v) is 15.4. The van der Waals surface area contributed by atoms with Gasteiger partial charge in [0.2, 0.25) is 17.7 Å². The summed E-state index contributed by atoms with van der Waals surface area (Å²) in [6.07, 6.45) is 0.582. The zero-order valence-corrected chi connectivity index (χ0v) is 25.7. The molecule has 0 spiro atoms. The van der Waals surface area contributed by atoms with Crippen LogP contribution in [0.3, 0.4) is 0 Å². The van der Waals surface area contributed by atoms with Gasteiger partial charge < -0.3 is 30.7 Å². The third-order valence-electron chi connectivity index (χ3n) is 8.95. The number of hydrogen-bond acceptors (Lipinski definition) is 6. The van der Waals surface area contributed by atoms with E-state index >= 15 is 0 Å². The summed E-state index contributed by atoms with van der Waals surface area (Å²) >= 11 is 0. The largest absolute Gasteiger partial charge is 0.389 e. The highest BCUT2D eigenvalue weighted by molar-refractivity contribution is 5.96. The first kappa shape index (κ1) is 33.5. The van der Waals surface area contributed by atoms with Gasteiger partial charge in [0.05, 0.1) is 31.4 Å². The number of benzene rings is 2. The molecule has 0 radical (unpaired) electrons. The summed E-state index contributed by atoms with van der Waals surface area (Å²) in [5.41, 5.74) is 0.123. The fourth-order valence-electron chi connectivity index (χ4n) is 6.40. The third-order valence-corrected chi connectivity index (χ3v) is 8.95. The second kappa shape index (κ2) is 15.0. The minimum atomic E-state index is -1.16. The van der Waals surface area contributed by atoms with E-state index in [1.54, 1.807) is 0 Å². The molecule has 2 aromatic carbocycles. The fraction of sp³-hybridized carbons (Fsp3) is 0.545. The van der Waals surface area contributed by atoms with Crippen molar-refractivity contribution in [2.45, 2.75) is 82.6 Å². The van der Waals surface area contributed by atoms with Crippen LogP contribution in [0.2, 0.25) is 0 Å². The summed E-state index contributed by atoms with van der Waals surface area (Å²) in [5.74, 6) is -2.82. The molecule has 3 amide bonds. The van der Waals surface area contributed by atoms with Gasteiger partial charge in [-0.2, -0.15) is 0 Å². The molecule has 240 valence electrons. The quantitative estimate of drug-likeness (QED) is 0.275. The lowest BCUT2D eigenvalue weighted by Gasteiger charge is -2.37. The molecule has 44 heavy (non-hydrogen) atoms. The van der Waals surface area contributed by atoms with Gasteiger partial charge in [0.15, 0.2) is 0 Å². The summed E-state index contributed by atoms with van der Waals surface area (Å²) in [6.45, 7) is 6.68. The number of aliphatic hydroxyl groups is 1. The highest BCUT2D eigenvalue weighted by Crippen LogP contribution is 2.34. The van der Waals surface area contributed by atoms with Crippen LogP contribution in [0.4, 0.5) is 8.78 Å². The summed E-state index contributed by atoms with van der Waals surface area (Å²) in [6, 6.07) is 10.3. The second-order valence-corrected chi connectivity index (χ2v) is 12.0. The molecule has 9 nitrogen and oxygen atoms in total. The van der Waals surface area contributed by atoms with E-state index in [2.05, 4.69) is 16.0 Å². The van der Waals surface area contributed by atoms with Crippen molar-refractivity contribution in [3.8, 4) is 0 Å². The predicted molar refractivity (Wildman–Crippen MR) is 161 cm³/mol. The van der Waals surface area contributed by atoms with Crippen molar-refractivity contribution in [1.29, 1.82) is 0 Å². The Balaban J connectivity index is 1.64. The van der Waals surface area contributed by atoms with Crippen LogP contribution < -0.4 is 16.0 Å². The van der Waals surface area contributed by atoms with E-state index in [0.29, 0.717) is 38.8 Å². The molecular formula is C33H44F2N4O5. The molecule has 2 fully saturated rings. The standard InChI is InChI=1S/C33H44F2N4O5/c1-4-21(2)33(38-22(3)40)12-14-39(32(33)43)29(11-10-23-8-6-5-7-9-23)31(42)37-27(30(41)28-20-44-15-13-36-28)18-24-16-25(34)19-26(35)17-24/h5-9,16-17,19,21,27-30,36,41H,4,10-15,18,20H2,1-3H3,(H,37,42)(H,38,40)/t21?,27-,28+,29-,30-,33-/m0/s1. The van der Waals surface area contributed by atoms with E-state index < -0.39 is 47.3 Å². The second-order valence-electron chi connectivity index (χ2n) is 12.0. The van der Waals surface area contributed by atoms with Crippen molar-refractivity contribution in [3.05, 3.63) is 71.3 Å². The number of halogens is 2. The zero-order chi connectivity index (χ0) is 31.9. The minimum absolute atomic E-state index is 0.0538. The Labute approximate surface area is 257 Å². The molecule has 0 aliphatic carbocycles. The number of aryl methyl sites for hydroxylation is 1. The van der Waals surface area contributed by atoms with Crippen LogP contribution >= 0.6 is 0 Å². The Morgan fingerprint density at radius 2 is 1.86 bits per heavy atom. The lowest BCUT2D eigenvalue weighted by molar-refractivity contribution is -0.144. The van der Waals surface area contributed by atoms with E-state index in [1.807, 2.05) is 44.2 Å². The molecule has 1 unspecified atom stereocenters. The molecule has 2 heterocycles. The number of nitrogens with one attached hydrogen (secondary N) is 3. The molecule has 2 aliphatic rings. The average molecular weight is 615 g/mol. The van der Waals surface area contributed by atoms with Crippen molar-refractivity contribution in [1.82, 2.24) is 20.9 Å². The maximum atomic E-state index is 14.2. The van der Waals surface area contributed by atoms with Crippen molar-refractivity contribution in [3.63, 3.8) is 0 Å². The Bertz CT molecular complexity index is 1270. The predicted octanol–water partition coefficient (Wildman–Crippen LogP) is 2.50. The highest BCUT2D eigenvalue weighted by atomic mass is 19.1. The molecular weight excluding hydrogens is 570 g/mol. The van der Waals surface area contributed by atoms with Crippen molar-refractivity contribution >= 4 is 17.7 Å². The van der Waals surface area contributed by atoms with Crippen LogP contribution in [-0.4, -0.2) is 83.8 Å². The van der Waals surface area contributed by atoms with Gasteiger partial charge >= 0.3 is 0 Å². The number of rotatable bonds is 13. The number of likely N-dealkylation sites (tertiary alicyclic amines) is 1. The summed E-state index contributed by atoms with van der Waals surface area (Å²) in [7, 11) is 0. The van der Waals surface area contributed by atoms with E-state index in [0.717, 1.165) is 11.6 Å². The highest BCUT2D eigenvalue weighted by Gasteiger charge is 2.53. The van der Waals surface area contributed by atoms with Crippen molar-refractivity contribution in [2.24, 2.45) is 5.92 Å². The van der Waals surface area contributed by atoms with E-state index in [1.165, 1.54) is 24.0 Å². The SMILES string of the molecule is CCC(C)[C@@]1(NC(C)=O)CCN([C@@H](CCc2ccccc2)C(=O)N[C@@H](Cc2cc(F)cc(F)c2)[C@H](O)[C@H]2COCCN2)C1=O. The monoisotopic (exact) mass is 614 g/mol. The van der Waals surface area contributed by atoms with Crippen LogP contribution in [0.1, 0.15) is 51.2 Å². The first-order chi connectivity index (χ1) is 21.0. The molecule has 4 N–H and O–H groups in total. The third kappa shape index (κ3) is 7.99. The Morgan fingerprint density at radius 3 is 2.48 bits per heavy atom. The van der Waals surface area contributed by atoms with Gasteiger partial charge in [-0.05, 0) is 54.9 Å². The van der Waals surface area contributed by atoms with Crippen LogP contribution in [0.15, 0.2) is 48.5 Å². The average Bonchev–Trinajstić information content (AvgIpc) is 3.32. The Kier molecular flexibility index (Phi) is 11.5. The van der Waals surface area contributed by atoms with Gasteiger partial charge in [-0.3, -0.25) is 14.4 Å². The maximum absolute atomic E-state index is 14.2. The molecule has 2 aromatic rings. The van der Waals surface area contributed by atoms with Crippen LogP contribution in [0.25, 0.3) is 0 Å². The topological polar surface area (TPSA) is 120 Å². The zero-order valence-electron chi connectivity index (χ0n) is 25.7. The van der Waals surface area contributed by atoms with Gasteiger partial charge in [0.25, 0.3) is 0 Å². The number of morpholine rings is 1. The minimum Gasteiger partial charge on any atom is -0.389 e. The number of carbonyl (C=O) groups excluding carboxylic acids is 3. The molecule has 6 atom stereocenters. The summed E-state index contributed by atoms with van der Waals surface area (Å²) in [5, 5.41) is 20.4. The lowest BCUT2D eigenvalue weighted by Crippen LogP contribution is -2.62. The molecule has 0 bridgehead atoms. The van der Waals surface area contributed by atoms with Crippen molar-refractivity contribution in [2.75, 3.05) is 26.3 Å².